The van der Waals surface area contributed by atoms with Gasteiger partial charge in [-0.15, -0.1) is 0 Å². The van der Waals surface area contributed by atoms with E-state index >= 15 is 0 Å². The average Bonchev–Trinajstić information content (AvgIpc) is 2.53. The number of carboxylic acids is 1. The van der Waals surface area contributed by atoms with Crippen molar-refractivity contribution in [3.8, 4) is 0 Å². The molecule has 0 spiro atoms. The van der Waals surface area contributed by atoms with Gasteiger partial charge >= 0.3 is 5.97 Å². The monoisotopic (exact) mass is 283 g/mol. The van der Waals surface area contributed by atoms with E-state index in [0.717, 1.165) is 32.2 Å². The molecule has 3 heteroatoms. The number of hydrogen-bond acceptors (Lipinski definition) is 2. The molecule has 3 rings (SSSR count). The van der Waals surface area contributed by atoms with E-state index in [1.807, 2.05) is 6.07 Å². The van der Waals surface area contributed by atoms with Crippen molar-refractivity contribution in [3.05, 3.63) is 48.0 Å². The lowest BCUT2D eigenvalue weighted by atomic mass is 9.85. The molecule has 0 aromatic heterocycles. The van der Waals surface area contributed by atoms with Crippen molar-refractivity contribution in [2.24, 2.45) is 5.92 Å². The van der Waals surface area contributed by atoms with Crippen LogP contribution in [0.5, 0.6) is 0 Å². The van der Waals surface area contributed by atoms with Gasteiger partial charge in [0.2, 0.25) is 0 Å². The summed E-state index contributed by atoms with van der Waals surface area (Å²) in [5, 5.41) is 15.2. The largest absolute Gasteiger partial charge is 0.481 e. The van der Waals surface area contributed by atoms with Crippen molar-refractivity contribution in [2.45, 2.75) is 38.3 Å². The Morgan fingerprint density at radius 1 is 1.14 bits per heavy atom. The topological polar surface area (TPSA) is 49.3 Å². The average molecular weight is 283 g/mol. The number of aliphatic carboxylic acids is 1. The van der Waals surface area contributed by atoms with Crippen LogP contribution in [0.25, 0.3) is 10.8 Å². The molecule has 21 heavy (non-hydrogen) atoms. The van der Waals surface area contributed by atoms with Gasteiger partial charge in [-0.05, 0) is 41.7 Å². The van der Waals surface area contributed by atoms with Crippen molar-refractivity contribution in [1.82, 2.24) is 5.32 Å². The van der Waals surface area contributed by atoms with E-state index in [0.29, 0.717) is 6.04 Å². The summed E-state index contributed by atoms with van der Waals surface area (Å²) in [6.07, 6.45) is 3.66. The molecule has 1 saturated carbocycles. The molecule has 110 valence electrons. The van der Waals surface area contributed by atoms with Crippen LogP contribution in [-0.2, 0) is 11.3 Å². The fourth-order valence-corrected chi connectivity index (χ4v) is 3.21. The molecular weight excluding hydrogens is 262 g/mol. The summed E-state index contributed by atoms with van der Waals surface area (Å²) < 4.78 is 0. The Morgan fingerprint density at radius 3 is 2.76 bits per heavy atom. The van der Waals surface area contributed by atoms with Crippen molar-refractivity contribution < 1.29 is 9.90 Å². The summed E-state index contributed by atoms with van der Waals surface area (Å²) in [5.74, 6) is -0.819. The fraction of sp³-hybridized carbons (Fsp3) is 0.389. The van der Waals surface area contributed by atoms with Crippen molar-refractivity contribution in [2.75, 3.05) is 0 Å². The predicted molar refractivity (Wildman–Crippen MR) is 84.2 cm³/mol. The standard InChI is InChI=1S/C18H21NO2/c20-18(21)16-6-3-7-17(11-16)19-12-13-8-9-14-4-1-2-5-15(14)10-13/h1-2,4-5,8-10,16-17,19H,3,6-7,11-12H2,(H,20,21). The summed E-state index contributed by atoms with van der Waals surface area (Å²) >= 11 is 0. The van der Waals surface area contributed by atoms with Gasteiger partial charge in [-0.25, -0.2) is 0 Å². The van der Waals surface area contributed by atoms with Gasteiger partial charge in [0, 0.05) is 12.6 Å². The van der Waals surface area contributed by atoms with Crippen LogP contribution in [0.3, 0.4) is 0 Å². The molecule has 2 aromatic rings. The van der Waals surface area contributed by atoms with Crippen molar-refractivity contribution >= 4 is 16.7 Å². The smallest absolute Gasteiger partial charge is 0.306 e. The van der Waals surface area contributed by atoms with Gasteiger partial charge in [0.05, 0.1) is 5.92 Å². The lowest BCUT2D eigenvalue weighted by Crippen LogP contribution is -2.36. The number of carbonyl (C=O) groups is 1. The lowest BCUT2D eigenvalue weighted by molar-refractivity contribution is -0.143. The zero-order chi connectivity index (χ0) is 14.7. The maximum atomic E-state index is 11.1. The second kappa shape index (κ2) is 6.27. The van der Waals surface area contributed by atoms with E-state index < -0.39 is 5.97 Å². The highest BCUT2D eigenvalue weighted by Gasteiger charge is 2.26. The van der Waals surface area contributed by atoms with Crippen LogP contribution in [0.2, 0.25) is 0 Å². The van der Waals surface area contributed by atoms with Gasteiger partial charge in [0.25, 0.3) is 0 Å². The first-order chi connectivity index (χ1) is 10.2. The van der Waals surface area contributed by atoms with Gasteiger partial charge in [-0.2, -0.15) is 0 Å². The predicted octanol–water partition coefficient (Wildman–Crippen LogP) is 3.57. The minimum absolute atomic E-state index is 0.173. The summed E-state index contributed by atoms with van der Waals surface area (Å²) in [5.41, 5.74) is 1.26. The Kier molecular flexibility index (Phi) is 4.20. The van der Waals surface area contributed by atoms with E-state index in [9.17, 15) is 4.79 Å². The Labute approximate surface area is 125 Å². The molecule has 1 fully saturated rings. The van der Waals surface area contributed by atoms with Crippen LogP contribution in [0.4, 0.5) is 0 Å². The third-order valence-corrected chi connectivity index (χ3v) is 4.43. The normalized spacial score (nSPS) is 22.3. The van der Waals surface area contributed by atoms with Gasteiger partial charge in [-0.1, -0.05) is 42.8 Å². The molecule has 2 aromatic carbocycles. The zero-order valence-corrected chi connectivity index (χ0v) is 12.1. The summed E-state index contributed by atoms with van der Waals surface area (Å²) in [4.78, 5) is 11.1. The maximum Gasteiger partial charge on any atom is 0.306 e. The minimum Gasteiger partial charge on any atom is -0.481 e. The zero-order valence-electron chi connectivity index (χ0n) is 12.1. The molecule has 0 saturated heterocycles. The Hall–Kier alpha value is -1.87. The van der Waals surface area contributed by atoms with E-state index in [-0.39, 0.29) is 5.92 Å². The Balaban J connectivity index is 1.62. The van der Waals surface area contributed by atoms with Crippen LogP contribution >= 0.6 is 0 Å². The SMILES string of the molecule is O=C(O)C1CCCC(NCc2ccc3ccccc3c2)C1. The fourth-order valence-electron chi connectivity index (χ4n) is 3.21. The number of fused-ring (bicyclic) bond motifs is 1. The highest BCUT2D eigenvalue weighted by molar-refractivity contribution is 5.82. The molecule has 1 aliphatic carbocycles. The molecule has 0 radical (unpaired) electrons. The molecule has 2 N–H and O–H groups in total. The number of carboxylic acid groups (broad SMARTS) is 1. The van der Waals surface area contributed by atoms with Crippen LogP contribution in [-0.4, -0.2) is 17.1 Å². The molecule has 2 atom stereocenters. The maximum absolute atomic E-state index is 11.1. The molecular formula is C18H21NO2. The van der Waals surface area contributed by atoms with Gasteiger partial charge in [-0.3, -0.25) is 4.79 Å². The van der Waals surface area contributed by atoms with Gasteiger partial charge in [0.1, 0.15) is 0 Å². The first-order valence-electron chi connectivity index (χ1n) is 7.66. The first kappa shape index (κ1) is 14.1. The molecule has 2 unspecified atom stereocenters. The van der Waals surface area contributed by atoms with E-state index in [4.69, 9.17) is 5.11 Å². The van der Waals surface area contributed by atoms with E-state index in [1.165, 1.54) is 16.3 Å². The van der Waals surface area contributed by atoms with Crippen LogP contribution in [0, 0.1) is 5.92 Å². The van der Waals surface area contributed by atoms with Crippen LogP contribution in [0.1, 0.15) is 31.2 Å². The minimum atomic E-state index is -0.646. The number of benzene rings is 2. The highest BCUT2D eigenvalue weighted by Crippen LogP contribution is 2.25. The lowest BCUT2D eigenvalue weighted by Gasteiger charge is -2.27. The van der Waals surface area contributed by atoms with Crippen molar-refractivity contribution in [3.63, 3.8) is 0 Å². The Bertz CT molecular complexity index is 638. The van der Waals surface area contributed by atoms with Crippen molar-refractivity contribution in [1.29, 1.82) is 0 Å². The second-order valence-electron chi connectivity index (χ2n) is 5.96. The van der Waals surface area contributed by atoms with E-state index in [1.54, 1.807) is 0 Å². The molecule has 0 heterocycles. The first-order valence-corrected chi connectivity index (χ1v) is 7.66. The molecule has 1 aliphatic rings. The van der Waals surface area contributed by atoms with Gasteiger partial charge in [0.15, 0.2) is 0 Å². The van der Waals surface area contributed by atoms with E-state index in [2.05, 4.69) is 41.7 Å². The molecule has 3 nitrogen and oxygen atoms in total. The molecule has 0 bridgehead atoms. The quantitative estimate of drug-likeness (QED) is 0.901. The summed E-state index contributed by atoms with van der Waals surface area (Å²) in [7, 11) is 0. The second-order valence-corrected chi connectivity index (χ2v) is 5.96. The highest BCUT2D eigenvalue weighted by atomic mass is 16.4. The van der Waals surface area contributed by atoms with Crippen LogP contribution in [0.15, 0.2) is 42.5 Å². The van der Waals surface area contributed by atoms with Crippen LogP contribution < -0.4 is 5.32 Å². The molecule has 0 amide bonds. The third kappa shape index (κ3) is 3.42. The molecule has 0 aliphatic heterocycles. The van der Waals surface area contributed by atoms with Gasteiger partial charge < -0.3 is 10.4 Å². The summed E-state index contributed by atoms with van der Waals surface area (Å²) in [6, 6.07) is 15.2. The Morgan fingerprint density at radius 2 is 1.95 bits per heavy atom. The number of rotatable bonds is 4. The number of nitrogens with one attached hydrogen (secondary N) is 1. The number of hydrogen-bond donors (Lipinski definition) is 2. The third-order valence-electron chi connectivity index (χ3n) is 4.43. The summed E-state index contributed by atoms with van der Waals surface area (Å²) in [6.45, 7) is 0.807.